The Hall–Kier alpha value is -3.14. The number of rotatable bonds is 4. The first kappa shape index (κ1) is 13.8. The van der Waals surface area contributed by atoms with Gasteiger partial charge in [-0.1, -0.05) is 12.1 Å². The van der Waals surface area contributed by atoms with Gasteiger partial charge in [0.1, 0.15) is 23.5 Å². The highest BCUT2D eigenvalue weighted by Gasteiger charge is 2.09. The molecule has 0 saturated heterocycles. The van der Waals surface area contributed by atoms with Gasteiger partial charge in [-0.25, -0.2) is 0 Å². The van der Waals surface area contributed by atoms with Crippen LogP contribution in [0.2, 0.25) is 0 Å². The van der Waals surface area contributed by atoms with Gasteiger partial charge in [-0.15, -0.1) is 0 Å². The lowest BCUT2D eigenvalue weighted by molar-refractivity contribution is 0.112. The van der Waals surface area contributed by atoms with Crippen molar-refractivity contribution in [2.75, 3.05) is 0 Å². The standard InChI is InChI=1S/C18H12O4/c19-10-12-8-13(11-20)16-2-1-3-18(17(16)9-12)22-15-6-4-14(21)5-7-15/h1-11,21H. The number of carbonyl (C=O) groups is 2. The number of hydrogen-bond donors (Lipinski definition) is 1. The quantitative estimate of drug-likeness (QED) is 0.739. The van der Waals surface area contributed by atoms with E-state index in [1.54, 1.807) is 42.5 Å². The summed E-state index contributed by atoms with van der Waals surface area (Å²) in [5.74, 6) is 1.24. The Morgan fingerprint density at radius 2 is 1.64 bits per heavy atom. The lowest BCUT2D eigenvalue weighted by atomic mass is 10.0. The molecule has 108 valence electrons. The summed E-state index contributed by atoms with van der Waals surface area (Å²) in [6.45, 7) is 0. The number of ether oxygens (including phenoxy) is 1. The molecule has 4 nitrogen and oxygen atoms in total. The van der Waals surface area contributed by atoms with E-state index in [1.165, 1.54) is 12.1 Å². The molecule has 0 spiro atoms. The molecule has 0 unspecified atom stereocenters. The Labute approximate surface area is 126 Å². The summed E-state index contributed by atoms with van der Waals surface area (Å²) in [4.78, 5) is 22.3. The molecule has 0 saturated carbocycles. The molecule has 3 aromatic rings. The summed E-state index contributed by atoms with van der Waals surface area (Å²) in [7, 11) is 0. The molecule has 22 heavy (non-hydrogen) atoms. The van der Waals surface area contributed by atoms with Crippen molar-refractivity contribution in [3.63, 3.8) is 0 Å². The van der Waals surface area contributed by atoms with Crippen LogP contribution in [-0.2, 0) is 0 Å². The maximum Gasteiger partial charge on any atom is 0.150 e. The highest BCUT2D eigenvalue weighted by molar-refractivity contribution is 6.03. The summed E-state index contributed by atoms with van der Waals surface area (Å²) in [5.41, 5.74) is 0.854. The topological polar surface area (TPSA) is 63.6 Å². The van der Waals surface area contributed by atoms with Crippen LogP contribution in [-0.4, -0.2) is 17.7 Å². The number of hydrogen-bond acceptors (Lipinski definition) is 4. The Morgan fingerprint density at radius 1 is 0.864 bits per heavy atom. The maximum absolute atomic E-state index is 11.2. The van der Waals surface area contributed by atoms with E-state index < -0.39 is 0 Å². The second kappa shape index (κ2) is 5.69. The molecule has 0 radical (unpaired) electrons. The van der Waals surface area contributed by atoms with Crippen LogP contribution in [0.4, 0.5) is 0 Å². The third-order valence-electron chi connectivity index (χ3n) is 3.34. The first-order valence-electron chi connectivity index (χ1n) is 6.65. The van der Waals surface area contributed by atoms with Crippen LogP contribution in [0.25, 0.3) is 10.8 Å². The zero-order valence-corrected chi connectivity index (χ0v) is 11.5. The van der Waals surface area contributed by atoms with E-state index in [4.69, 9.17) is 4.74 Å². The first-order chi connectivity index (χ1) is 10.7. The highest BCUT2D eigenvalue weighted by atomic mass is 16.5. The Kier molecular flexibility index (Phi) is 3.58. The molecule has 3 rings (SSSR count). The minimum Gasteiger partial charge on any atom is -0.508 e. The Balaban J connectivity index is 2.14. The molecule has 0 atom stereocenters. The second-order valence-electron chi connectivity index (χ2n) is 4.79. The summed E-state index contributed by atoms with van der Waals surface area (Å²) in [6.07, 6.45) is 1.42. The molecule has 0 amide bonds. The van der Waals surface area contributed by atoms with Crippen molar-refractivity contribution in [2.24, 2.45) is 0 Å². The average molecular weight is 292 g/mol. The Bertz CT molecular complexity index is 851. The fourth-order valence-corrected chi connectivity index (χ4v) is 2.31. The average Bonchev–Trinajstić information content (AvgIpc) is 2.56. The lowest BCUT2D eigenvalue weighted by Gasteiger charge is -2.11. The van der Waals surface area contributed by atoms with Gasteiger partial charge in [0, 0.05) is 16.5 Å². The SMILES string of the molecule is O=Cc1cc(C=O)c2cccc(Oc3ccc(O)cc3)c2c1. The van der Waals surface area contributed by atoms with E-state index in [0.29, 0.717) is 34.3 Å². The largest absolute Gasteiger partial charge is 0.508 e. The van der Waals surface area contributed by atoms with Crippen molar-refractivity contribution >= 4 is 23.3 Å². The summed E-state index contributed by atoms with van der Waals surface area (Å²) in [6, 6.07) is 14.9. The molecule has 0 aliphatic carbocycles. The van der Waals surface area contributed by atoms with Crippen molar-refractivity contribution in [2.45, 2.75) is 0 Å². The number of benzene rings is 3. The number of aldehydes is 2. The lowest BCUT2D eigenvalue weighted by Crippen LogP contribution is -1.92. The molecule has 3 aromatic carbocycles. The molecular formula is C18H12O4. The molecular weight excluding hydrogens is 280 g/mol. The fourth-order valence-electron chi connectivity index (χ4n) is 2.31. The third kappa shape index (κ3) is 2.54. The maximum atomic E-state index is 11.2. The van der Waals surface area contributed by atoms with Crippen LogP contribution in [0, 0.1) is 0 Å². The minimum absolute atomic E-state index is 0.150. The van der Waals surface area contributed by atoms with Crippen LogP contribution >= 0.6 is 0 Å². The molecule has 0 fully saturated rings. The zero-order chi connectivity index (χ0) is 15.5. The van der Waals surface area contributed by atoms with Gasteiger partial charge < -0.3 is 9.84 Å². The number of fused-ring (bicyclic) bond motifs is 1. The smallest absolute Gasteiger partial charge is 0.150 e. The van der Waals surface area contributed by atoms with E-state index in [1.807, 2.05) is 0 Å². The van der Waals surface area contributed by atoms with Crippen LogP contribution in [0.3, 0.4) is 0 Å². The number of aromatic hydroxyl groups is 1. The fraction of sp³-hybridized carbons (Fsp3) is 0. The van der Waals surface area contributed by atoms with Gasteiger partial charge in [0.05, 0.1) is 0 Å². The predicted octanol–water partition coefficient (Wildman–Crippen LogP) is 3.96. The van der Waals surface area contributed by atoms with Gasteiger partial charge in [0.15, 0.2) is 6.29 Å². The number of phenols is 1. The first-order valence-corrected chi connectivity index (χ1v) is 6.65. The van der Waals surface area contributed by atoms with E-state index in [9.17, 15) is 14.7 Å². The van der Waals surface area contributed by atoms with Crippen LogP contribution < -0.4 is 4.74 Å². The monoisotopic (exact) mass is 292 g/mol. The van der Waals surface area contributed by atoms with Gasteiger partial charge in [-0.3, -0.25) is 9.59 Å². The summed E-state index contributed by atoms with van der Waals surface area (Å²) >= 11 is 0. The van der Waals surface area contributed by atoms with Crippen molar-refractivity contribution in [3.05, 3.63) is 65.7 Å². The third-order valence-corrected chi connectivity index (χ3v) is 3.34. The molecule has 1 N–H and O–H groups in total. The second-order valence-corrected chi connectivity index (χ2v) is 4.79. The highest BCUT2D eigenvalue weighted by Crippen LogP contribution is 2.32. The van der Waals surface area contributed by atoms with Gasteiger partial charge in [0.25, 0.3) is 0 Å². The van der Waals surface area contributed by atoms with Gasteiger partial charge >= 0.3 is 0 Å². The number of carbonyl (C=O) groups excluding carboxylic acids is 2. The van der Waals surface area contributed by atoms with Crippen LogP contribution in [0.1, 0.15) is 20.7 Å². The van der Waals surface area contributed by atoms with Gasteiger partial charge in [-0.2, -0.15) is 0 Å². The molecule has 0 bridgehead atoms. The van der Waals surface area contributed by atoms with Crippen molar-refractivity contribution in [3.8, 4) is 17.2 Å². The van der Waals surface area contributed by atoms with E-state index in [0.717, 1.165) is 11.7 Å². The normalized spacial score (nSPS) is 10.4. The van der Waals surface area contributed by atoms with Crippen molar-refractivity contribution < 1.29 is 19.4 Å². The molecule has 0 aromatic heterocycles. The molecule has 0 aliphatic rings. The van der Waals surface area contributed by atoms with E-state index in [-0.39, 0.29) is 5.75 Å². The van der Waals surface area contributed by atoms with Gasteiger partial charge in [-0.05, 0) is 47.9 Å². The summed E-state index contributed by atoms with van der Waals surface area (Å²) in [5, 5.41) is 10.7. The van der Waals surface area contributed by atoms with Crippen molar-refractivity contribution in [1.82, 2.24) is 0 Å². The Morgan fingerprint density at radius 3 is 2.32 bits per heavy atom. The van der Waals surface area contributed by atoms with Crippen molar-refractivity contribution in [1.29, 1.82) is 0 Å². The molecule has 0 aliphatic heterocycles. The molecule has 0 heterocycles. The van der Waals surface area contributed by atoms with Gasteiger partial charge in [0.2, 0.25) is 0 Å². The summed E-state index contributed by atoms with van der Waals surface area (Å²) < 4.78 is 5.80. The minimum atomic E-state index is 0.150. The van der Waals surface area contributed by atoms with Crippen LogP contribution in [0.5, 0.6) is 17.2 Å². The zero-order valence-electron chi connectivity index (χ0n) is 11.5. The number of phenolic OH excluding ortho intramolecular Hbond substituents is 1. The predicted molar refractivity (Wildman–Crippen MR) is 82.9 cm³/mol. The van der Waals surface area contributed by atoms with Crippen LogP contribution in [0.15, 0.2) is 54.6 Å². The molecule has 4 heteroatoms. The van der Waals surface area contributed by atoms with E-state index in [2.05, 4.69) is 0 Å². The van der Waals surface area contributed by atoms with E-state index >= 15 is 0 Å².